The molecule has 0 amide bonds. The van der Waals surface area contributed by atoms with Crippen LogP contribution in [0.25, 0.3) is 16.9 Å². The van der Waals surface area contributed by atoms with Crippen molar-refractivity contribution in [1.29, 1.82) is 0 Å². The summed E-state index contributed by atoms with van der Waals surface area (Å²) >= 11 is 0. The van der Waals surface area contributed by atoms with E-state index in [1.165, 1.54) is 12.3 Å². The summed E-state index contributed by atoms with van der Waals surface area (Å²) in [6, 6.07) is 5.33. The van der Waals surface area contributed by atoms with E-state index in [-0.39, 0.29) is 11.1 Å². The average Bonchev–Trinajstić information content (AvgIpc) is 3.54. The Bertz CT molecular complexity index is 1690. The van der Waals surface area contributed by atoms with Gasteiger partial charge in [0.2, 0.25) is 0 Å². The fraction of sp³-hybridized carbons (Fsp3) is 0.462. The van der Waals surface area contributed by atoms with Crippen LogP contribution in [0.5, 0.6) is 0 Å². The zero-order valence-electron chi connectivity index (χ0n) is 26.9. The second-order valence-electron chi connectivity index (χ2n) is 9.86. The number of alkyl halides is 1. The third-order valence-corrected chi connectivity index (χ3v) is 7.01. The number of imidazole rings is 1. The molecule has 0 radical (unpaired) electrons. The van der Waals surface area contributed by atoms with Gasteiger partial charge in [0.15, 0.2) is 0 Å². The Morgan fingerprint density at radius 1 is 1.09 bits per heavy atom. The SMILES string of the molecule is [2H]C1([2H])N(c2cncc(-c3cn(Cc4cn5cc(CNCC67CC(F)(C6)C7)ccc5n4)nn3)c2)C([2H])([2H])C([2H])([2H])C1([2H])[2H]. The Kier molecular flexibility index (Phi) is 3.20. The smallest absolute Gasteiger partial charge is 0.137 e. The van der Waals surface area contributed by atoms with E-state index in [0.717, 1.165) is 29.6 Å². The molecule has 4 fully saturated rings. The highest BCUT2D eigenvalue weighted by molar-refractivity contribution is 5.63. The van der Waals surface area contributed by atoms with Crippen LogP contribution >= 0.6 is 0 Å². The maximum absolute atomic E-state index is 13.8. The van der Waals surface area contributed by atoms with Crippen molar-refractivity contribution in [1.82, 2.24) is 34.7 Å². The van der Waals surface area contributed by atoms with Gasteiger partial charge in [0.25, 0.3) is 0 Å². The molecule has 4 aromatic rings. The summed E-state index contributed by atoms with van der Waals surface area (Å²) in [5.74, 6) is 0. The summed E-state index contributed by atoms with van der Waals surface area (Å²) in [5, 5.41) is 11.8. The lowest BCUT2D eigenvalue weighted by Gasteiger charge is -2.66. The van der Waals surface area contributed by atoms with E-state index in [1.54, 1.807) is 10.9 Å². The molecule has 1 N–H and O–H groups in total. The molecule has 1 saturated heterocycles. The molecule has 35 heavy (non-hydrogen) atoms. The van der Waals surface area contributed by atoms with Crippen LogP contribution in [0.1, 0.15) is 54.2 Å². The summed E-state index contributed by atoms with van der Waals surface area (Å²) in [6.07, 6.45) is 3.86. The predicted molar refractivity (Wildman–Crippen MR) is 131 cm³/mol. The zero-order valence-corrected chi connectivity index (χ0v) is 18.9. The molecule has 1 aliphatic heterocycles. The fourth-order valence-electron chi connectivity index (χ4n) is 5.48. The number of anilines is 1. The maximum atomic E-state index is 13.8. The van der Waals surface area contributed by atoms with Crippen LogP contribution in [0.15, 0.2) is 49.2 Å². The molecule has 8 nitrogen and oxygen atoms in total. The number of aromatic nitrogens is 6. The first-order valence-electron chi connectivity index (χ1n) is 15.6. The summed E-state index contributed by atoms with van der Waals surface area (Å²) in [6.45, 7) is -4.21. The lowest BCUT2D eigenvalue weighted by molar-refractivity contribution is -0.209. The topological polar surface area (TPSA) is 76.2 Å². The van der Waals surface area contributed by atoms with Gasteiger partial charge in [0.1, 0.15) is 17.0 Å². The van der Waals surface area contributed by atoms with Crippen molar-refractivity contribution in [3.63, 3.8) is 0 Å². The van der Waals surface area contributed by atoms with Crippen LogP contribution in [0.2, 0.25) is 0 Å². The molecule has 3 aliphatic carbocycles. The molecule has 0 atom stereocenters. The lowest BCUT2D eigenvalue weighted by Crippen LogP contribution is -2.67. The molecule has 0 spiro atoms. The number of pyridine rings is 2. The maximum Gasteiger partial charge on any atom is 0.137 e. The van der Waals surface area contributed by atoms with E-state index in [9.17, 15) is 4.39 Å². The molecule has 5 heterocycles. The average molecular weight is 481 g/mol. The summed E-state index contributed by atoms with van der Waals surface area (Å²) < 4.78 is 82.6. The molecule has 4 aromatic heterocycles. The van der Waals surface area contributed by atoms with Crippen LogP contribution in [0, 0.1) is 5.41 Å². The third kappa shape index (κ3) is 3.87. The van der Waals surface area contributed by atoms with Gasteiger partial charge in [0, 0.05) is 61.2 Å². The quantitative estimate of drug-likeness (QED) is 0.415. The number of halogens is 1. The van der Waals surface area contributed by atoms with Crippen LogP contribution in [-0.2, 0) is 13.1 Å². The van der Waals surface area contributed by atoms with Gasteiger partial charge < -0.3 is 14.6 Å². The van der Waals surface area contributed by atoms with Crippen molar-refractivity contribution < 1.29 is 15.4 Å². The Balaban J connectivity index is 1.06. The van der Waals surface area contributed by atoms with Gasteiger partial charge in [-0.15, -0.1) is 5.10 Å². The van der Waals surface area contributed by atoms with Crippen LogP contribution < -0.4 is 10.2 Å². The fourth-order valence-corrected chi connectivity index (χ4v) is 5.48. The van der Waals surface area contributed by atoms with E-state index in [2.05, 4.69) is 25.6 Å². The second kappa shape index (κ2) is 7.84. The first-order valence-corrected chi connectivity index (χ1v) is 11.6. The normalized spacial score (nSPS) is 34.3. The highest BCUT2D eigenvalue weighted by Gasteiger charge is 2.68. The molecule has 9 heteroatoms. The molecule has 0 aromatic carbocycles. The molecule has 4 aliphatic rings. The zero-order chi connectivity index (χ0) is 30.6. The minimum Gasteiger partial charge on any atom is -0.370 e. The Morgan fingerprint density at radius 2 is 1.94 bits per heavy atom. The van der Waals surface area contributed by atoms with Crippen LogP contribution in [0.4, 0.5) is 10.1 Å². The monoisotopic (exact) mass is 480 g/mol. The summed E-state index contributed by atoms with van der Waals surface area (Å²) in [4.78, 5) is 9.20. The first kappa shape index (κ1) is 14.3. The second-order valence-corrected chi connectivity index (χ2v) is 9.86. The molecule has 180 valence electrons. The molecule has 0 unspecified atom stereocenters. The van der Waals surface area contributed by atoms with Crippen molar-refractivity contribution in [2.75, 3.05) is 24.4 Å². The number of rotatable bonds is 8. The molecule has 3 saturated carbocycles. The van der Waals surface area contributed by atoms with Crippen molar-refractivity contribution in [2.45, 2.75) is 50.8 Å². The van der Waals surface area contributed by atoms with Gasteiger partial charge in [-0.3, -0.25) is 4.98 Å². The minimum atomic E-state index is -3.15. The van der Waals surface area contributed by atoms with Crippen molar-refractivity contribution >= 4 is 11.3 Å². The summed E-state index contributed by atoms with van der Waals surface area (Å²) in [7, 11) is 0. The van der Waals surface area contributed by atoms with Crippen molar-refractivity contribution in [3.05, 3.63) is 60.4 Å². The molecular weight excluding hydrogens is 443 g/mol. The van der Waals surface area contributed by atoms with Gasteiger partial charge in [-0.25, -0.2) is 14.1 Å². The third-order valence-electron chi connectivity index (χ3n) is 7.01. The van der Waals surface area contributed by atoms with E-state index in [0.29, 0.717) is 48.5 Å². The Hall–Kier alpha value is -3.33. The Morgan fingerprint density at radius 3 is 2.77 bits per heavy atom. The largest absolute Gasteiger partial charge is 0.370 e. The van der Waals surface area contributed by atoms with E-state index in [1.807, 2.05) is 28.9 Å². The van der Waals surface area contributed by atoms with Crippen LogP contribution in [0.3, 0.4) is 0 Å². The van der Waals surface area contributed by atoms with Gasteiger partial charge in [-0.2, -0.15) is 0 Å². The number of fused-ring (bicyclic) bond motifs is 1. The number of nitrogens with one attached hydrogen (secondary N) is 1. The Labute approximate surface area is 214 Å². The number of hydrogen-bond acceptors (Lipinski definition) is 6. The molecule has 8 rings (SSSR count). The van der Waals surface area contributed by atoms with E-state index in [4.69, 9.17) is 11.0 Å². The van der Waals surface area contributed by atoms with Crippen molar-refractivity contribution in [2.24, 2.45) is 5.41 Å². The minimum absolute atomic E-state index is 0.131. The predicted octanol–water partition coefficient (Wildman–Crippen LogP) is 3.62. The molecular formula is C26H29FN8. The van der Waals surface area contributed by atoms with Gasteiger partial charge in [0.05, 0.1) is 30.3 Å². The molecule has 2 bridgehead atoms. The van der Waals surface area contributed by atoms with Crippen molar-refractivity contribution in [3.8, 4) is 11.3 Å². The van der Waals surface area contributed by atoms with E-state index >= 15 is 0 Å². The lowest BCUT2D eigenvalue weighted by atomic mass is 9.42. The van der Waals surface area contributed by atoms with E-state index < -0.39 is 31.4 Å². The van der Waals surface area contributed by atoms with Gasteiger partial charge in [-0.05, 0) is 55.1 Å². The standard InChI is InChI=1S/C26H29FN8/c27-26-15-25(16-26,17-26)18-29-8-19-3-4-24-30-21(12-34(24)11-19)13-35-14-23(31-32-35)20-7-22(10-28-9-20)33-5-1-2-6-33/h3-4,7,9-12,14,29H,1-2,5-6,8,13,15-18H2/i1D2,2D2,5D2,6D2. The number of nitrogens with zero attached hydrogens (tertiary/aromatic N) is 7. The van der Waals surface area contributed by atoms with Gasteiger partial charge in [-0.1, -0.05) is 11.3 Å². The highest BCUT2D eigenvalue weighted by atomic mass is 19.1. The first-order chi connectivity index (χ1) is 20.1. The summed E-state index contributed by atoms with van der Waals surface area (Å²) in [5.41, 5.74) is 2.45. The van der Waals surface area contributed by atoms with Crippen LogP contribution in [-0.4, -0.2) is 54.6 Å². The number of hydrogen-bond donors (Lipinski definition) is 1. The highest BCUT2D eigenvalue weighted by Crippen LogP contribution is 2.69. The van der Waals surface area contributed by atoms with Gasteiger partial charge >= 0.3 is 0 Å².